The molecule has 3 aromatic rings. The molecule has 5 heteroatoms. The van der Waals surface area contributed by atoms with E-state index in [-0.39, 0.29) is 12.2 Å². The molecular weight excluding hydrogens is 218 g/mol. The molecule has 0 saturated heterocycles. The predicted molar refractivity (Wildman–Crippen MR) is 59.7 cm³/mol. The Bertz CT molecular complexity index is 655. The van der Waals surface area contributed by atoms with Crippen molar-refractivity contribution in [3.63, 3.8) is 0 Å². The number of ketones is 1. The summed E-state index contributed by atoms with van der Waals surface area (Å²) < 4.78 is 6.78. The number of carbonyl (C=O) groups excluding carboxylic acids is 1. The summed E-state index contributed by atoms with van der Waals surface area (Å²) in [5, 5.41) is 4.09. The van der Waals surface area contributed by atoms with E-state index >= 15 is 0 Å². The fraction of sp³-hybridized carbons (Fsp3) is 0.0833. The zero-order valence-electron chi connectivity index (χ0n) is 8.91. The Labute approximate surface area is 96.7 Å². The molecule has 17 heavy (non-hydrogen) atoms. The molecule has 0 unspecified atom stereocenters. The maximum atomic E-state index is 12.0. The van der Waals surface area contributed by atoms with Gasteiger partial charge < -0.3 is 4.42 Å². The van der Waals surface area contributed by atoms with Crippen LogP contribution in [-0.2, 0) is 6.42 Å². The molecule has 5 nitrogen and oxygen atoms in total. The highest BCUT2D eigenvalue weighted by atomic mass is 16.3. The number of Topliss-reactive ketones (excluding diaryl/α,β-unsaturated/α-hetero) is 1. The molecule has 0 spiro atoms. The van der Waals surface area contributed by atoms with Gasteiger partial charge in [-0.2, -0.15) is 5.10 Å². The van der Waals surface area contributed by atoms with Gasteiger partial charge in [-0.05, 0) is 12.1 Å². The van der Waals surface area contributed by atoms with Crippen LogP contribution in [0.3, 0.4) is 0 Å². The largest absolute Gasteiger partial charge is 0.469 e. The second kappa shape index (κ2) is 3.86. The molecule has 0 amide bonds. The van der Waals surface area contributed by atoms with Crippen LogP contribution in [0.5, 0.6) is 0 Å². The average Bonchev–Trinajstić information content (AvgIpc) is 2.96. The average molecular weight is 227 g/mol. The third-order valence-corrected chi connectivity index (χ3v) is 2.54. The Morgan fingerprint density at radius 1 is 1.41 bits per heavy atom. The Hall–Kier alpha value is -2.43. The highest BCUT2D eigenvalue weighted by molar-refractivity contribution is 6.02. The molecule has 0 saturated carbocycles. The highest BCUT2D eigenvalue weighted by Crippen LogP contribution is 2.12. The smallest absolute Gasteiger partial charge is 0.174 e. The van der Waals surface area contributed by atoms with Gasteiger partial charge in [0.1, 0.15) is 5.76 Å². The van der Waals surface area contributed by atoms with Crippen molar-refractivity contribution in [1.29, 1.82) is 0 Å². The summed E-state index contributed by atoms with van der Waals surface area (Å²) in [6, 6.07) is 3.54. The lowest BCUT2D eigenvalue weighted by Crippen LogP contribution is -2.02. The molecule has 3 heterocycles. The van der Waals surface area contributed by atoms with Crippen LogP contribution in [0.2, 0.25) is 0 Å². The summed E-state index contributed by atoms with van der Waals surface area (Å²) in [7, 11) is 0. The summed E-state index contributed by atoms with van der Waals surface area (Å²) in [6.45, 7) is 0. The van der Waals surface area contributed by atoms with Gasteiger partial charge >= 0.3 is 0 Å². The van der Waals surface area contributed by atoms with E-state index in [0.717, 1.165) is 0 Å². The molecule has 3 rings (SSSR count). The lowest BCUT2D eigenvalue weighted by Gasteiger charge is -1.96. The van der Waals surface area contributed by atoms with Gasteiger partial charge in [-0.1, -0.05) is 0 Å². The second-order valence-corrected chi connectivity index (χ2v) is 3.64. The third-order valence-electron chi connectivity index (χ3n) is 2.54. The van der Waals surface area contributed by atoms with E-state index in [1.54, 1.807) is 47.7 Å². The molecular formula is C12H9N3O2. The van der Waals surface area contributed by atoms with E-state index < -0.39 is 0 Å². The van der Waals surface area contributed by atoms with Crippen molar-refractivity contribution in [1.82, 2.24) is 14.6 Å². The molecule has 0 radical (unpaired) electrons. The van der Waals surface area contributed by atoms with Crippen LogP contribution < -0.4 is 0 Å². The number of aromatic nitrogens is 3. The minimum Gasteiger partial charge on any atom is -0.469 e. The van der Waals surface area contributed by atoms with Crippen LogP contribution in [0.1, 0.15) is 16.1 Å². The van der Waals surface area contributed by atoms with Crippen LogP contribution in [-0.4, -0.2) is 20.4 Å². The molecule has 0 aliphatic heterocycles. The Balaban J connectivity index is 1.96. The minimum absolute atomic E-state index is 0.0250. The first-order valence-corrected chi connectivity index (χ1v) is 5.17. The first-order valence-electron chi connectivity index (χ1n) is 5.17. The Morgan fingerprint density at radius 3 is 3.18 bits per heavy atom. The summed E-state index contributed by atoms with van der Waals surface area (Å²) in [6.07, 6.45) is 8.31. The number of carbonyl (C=O) groups is 1. The number of furan rings is 1. The SMILES string of the molecule is O=C(Cc1ccco1)c1cnn2ccncc12. The molecule has 0 aliphatic rings. The highest BCUT2D eigenvalue weighted by Gasteiger charge is 2.14. The van der Waals surface area contributed by atoms with Gasteiger partial charge in [-0.15, -0.1) is 0 Å². The second-order valence-electron chi connectivity index (χ2n) is 3.64. The van der Waals surface area contributed by atoms with Gasteiger partial charge in [-0.25, -0.2) is 4.52 Å². The van der Waals surface area contributed by atoms with Crippen LogP contribution in [0, 0.1) is 0 Å². The van der Waals surface area contributed by atoms with Gasteiger partial charge in [0.15, 0.2) is 5.78 Å². The van der Waals surface area contributed by atoms with Crippen molar-refractivity contribution in [2.45, 2.75) is 6.42 Å². The van der Waals surface area contributed by atoms with Gasteiger partial charge in [-0.3, -0.25) is 9.78 Å². The first kappa shape index (κ1) is 9.77. The predicted octanol–water partition coefficient (Wildman–Crippen LogP) is 1.75. The molecule has 0 aromatic carbocycles. The summed E-state index contributed by atoms with van der Waals surface area (Å²) in [5.41, 5.74) is 1.28. The molecule has 0 atom stereocenters. The van der Waals surface area contributed by atoms with Crippen molar-refractivity contribution in [2.75, 3.05) is 0 Å². The molecule has 0 bridgehead atoms. The fourth-order valence-corrected chi connectivity index (χ4v) is 1.72. The van der Waals surface area contributed by atoms with Gasteiger partial charge in [0.05, 0.1) is 36.2 Å². The van der Waals surface area contributed by atoms with Crippen molar-refractivity contribution >= 4 is 11.3 Å². The van der Waals surface area contributed by atoms with Crippen LogP contribution in [0.15, 0.2) is 47.6 Å². The normalized spacial score (nSPS) is 10.8. The summed E-state index contributed by atoms with van der Waals surface area (Å²) in [4.78, 5) is 16.0. The Kier molecular flexibility index (Phi) is 2.22. The van der Waals surface area contributed by atoms with E-state index in [2.05, 4.69) is 10.1 Å². The zero-order valence-corrected chi connectivity index (χ0v) is 8.91. The molecule has 0 N–H and O–H groups in total. The lowest BCUT2D eigenvalue weighted by atomic mass is 10.1. The topological polar surface area (TPSA) is 60.4 Å². The molecule has 3 aromatic heterocycles. The van der Waals surface area contributed by atoms with Gasteiger partial charge in [0.2, 0.25) is 0 Å². The summed E-state index contributed by atoms with van der Waals surface area (Å²) in [5.74, 6) is 0.626. The molecule has 0 aliphatic carbocycles. The number of rotatable bonds is 3. The summed E-state index contributed by atoms with van der Waals surface area (Å²) >= 11 is 0. The van der Waals surface area contributed by atoms with Crippen LogP contribution in [0.4, 0.5) is 0 Å². The molecule has 84 valence electrons. The number of fused-ring (bicyclic) bond motifs is 1. The van der Waals surface area contributed by atoms with E-state index in [0.29, 0.717) is 16.8 Å². The van der Waals surface area contributed by atoms with E-state index in [1.165, 1.54) is 0 Å². The fourth-order valence-electron chi connectivity index (χ4n) is 1.72. The van der Waals surface area contributed by atoms with Gasteiger partial charge in [0.25, 0.3) is 0 Å². The first-order chi connectivity index (χ1) is 8.34. The maximum absolute atomic E-state index is 12.0. The standard InChI is InChI=1S/C12H9N3O2/c16-12(6-9-2-1-5-17-9)10-7-14-15-4-3-13-8-11(10)15/h1-5,7-8H,6H2. The van der Waals surface area contributed by atoms with Crippen LogP contribution >= 0.6 is 0 Å². The number of hydrogen-bond acceptors (Lipinski definition) is 4. The van der Waals surface area contributed by atoms with Crippen molar-refractivity contribution in [3.05, 3.63) is 54.5 Å². The molecule has 0 fully saturated rings. The number of nitrogens with zero attached hydrogens (tertiary/aromatic N) is 3. The van der Waals surface area contributed by atoms with E-state index in [9.17, 15) is 4.79 Å². The van der Waals surface area contributed by atoms with Crippen molar-refractivity contribution in [3.8, 4) is 0 Å². The van der Waals surface area contributed by atoms with E-state index in [1.807, 2.05) is 0 Å². The number of hydrogen-bond donors (Lipinski definition) is 0. The lowest BCUT2D eigenvalue weighted by molar-refractivity contribution is 0.0988. The van der Waals surface area contributed by atoms with Crippen LogP contribution in [0.25, 0.3) is 5.52 Å². The minimum atomic E-state index is -0.0250. The zero-order chi connectivity index (χ0) is 11.7. The van der Waals surface area contributed by atoms with Crippen molar-refractivity contribution in [2.24, 2.45) is 0 Å². The third kappa shape index (κ3) is 1.71. The van der Waals surface area contributed by atoms with E-state index in [4.69, 9.17) is 4.42 Å². The monoisotopic (exact) mass is 227 g/mol. The van der Waals surface area contributed by atoms with Gasteiger partial charge in [0, 0.05) is 12.4 Å². The van der Waals surface area contributed by atoms with Crippen molar-refractivity contribution < 1.29 is 9.21 Å². The maximum Gasteiger partial charge on any atom is 0.174 e. The Morgan fingerprint density at radius 2 is 2.35 bits per heavy atom. The quantitative estimate of drug-likeness (QED) is 0.639.